The van der Waals surface area contributed by atoms with Crippen molar-refractivity contribution in [3.05, 3.63) is 29.1 Å². The highest BCUT2D eigenvalue weighted by molar-refractivity contribution is 7.80. The Morgan fingerprint density at radius 2 is 2.06 bits per heavy atom. The van der Waals surface area contributed by atoms with Gasteiger partial charge in [0.05, 0.1) is 24.0 Å². The molecule has 2 N–H and O–H groups in total. The molecule has 2 saturated heterocycles. The highest BCUT2D eigenvalue weighted by Gasteiger charge is 2.27. The Hall–Kier alpha value is -1.77. The van der Waals surface area contributed by atoms with Crippen molar-refractivity contribution in [3.8, 4) is 0 Å². The molecule has 31 heavy (non-hydrogen) atoms. The van der Waals surface area contributed by atoms with E-state index < -0.39 is 0 Å². The van der Waals surface area contributed by atoms with Gasteiger partial charge in [0.2, 0.25) is 0 Å². The quantitative estimate of drug-likeness (QED) is 0.444. The van der Waals surface area contributed by atoms with Crippen molar-refractivity contribution in [2.75, 3.05) is 46.0 Å². The minimum atomic E-state index is -0.0706. The lowest BCUT2D eigenvalue weighted by atomic mass is 9.90. The minimum absolute atomic E-state index is 0.0706. The van der Waals surface area contributed by atoms with E-state index >= 15 is 0 Å². The molecule has 2 aliphatic heterocycles. The maximum absolute atomic E-state index is 12.8. The molecule has 1 atom stereocenters. The number of aromatic nitrogens is 1. The number of aryl methyl sites for hydroxylation is 1. The summed E-state index contributed by atoms with van der Waals surface area (Å²) in [6.07, 6.45) is 5.35. The van der Waals surface area contributed by atoms with Crippen LogP contribution in [-0.4, -0.2) is 73.0 Å². The number of carbonyl (C=O) groups is 1. The molecule has 1 aromatic heterocycles. The molecule has 1 amide bonds. The van der Waals surface area contributed by atoms with Crippen molar-refractivity contribution in [1.29, 1.82) is 0 Å². The molecule has 172 valence electrons. The fourth-order valence-electron chi connectivity index (χ4n) is 4.13. The Morgan fingerprint density at radius 1 is 1.26 bits per heavy atom. The molecule has 2 fully saturated rings. The van der Waals surface area contributed by atoms with Crippen LogP contribution in [0.3, 0.4) is 0 Å². The van der Waals surface area contributed by atoms with Gasteiger partial charge in [0.1, 0.15) is 0 Å². The van der Waals surface area contributed by atoms with Crippen LogP contribution in [0.25, 0.3) is 0 Å². The van der Waals surface area contributed by atoms with E-state index in [1.807, 2.05) is 19.1 Å². The predicted molar refractivity (Wildman–Crippen MR) is 126 cm³/mol. The van der Waals surface area contributed by atoms with Gasteiger partial charge in [-0.15, -0.1) is 0 Å². The van der Waals surface area contributed by atoms with Crippen LogP contribution in [0.1, 0.15) is 66.7 Å². The van der Waals surface area contributed by atoms with Crippen molar-refractivity contribution >= 4 is 23.2 Å². The fourth-order valence-corrected chi connectivity index (χ4v) is 4.40. The zero-order valence-electron chi connectivity index (χ0n) is 18.8. The smallest absolute Gasteiger partial charge is 0.253 e. The number of likely N-dealkylation sites (tertiary alicyclic amines) is 1. The molecule has 0 aromatic carbocycles. The van der Waals surface area contributed by atoms with Crippen LogP contribution < -0.4 is 10.6 Å². The van der Waals surface area contributed by atoms with Crippen molar-refractivity contribution in [2.45, 2.75) is 58.0 Å². The van der Waals surface area contributed by atoms with Gasteiger partial charge in [-0.05, 0) is 63.4 Å². The number of amides is 1. The number of thiocarbonyl (C=S) groups is 1. The first-order valence-electron chi connectivity index (χ1n) is 11.6. The van der Waals surface area contributed by atoms with Gasteiger partial charge in [-0.2, -0.15) is 0 Å². The number of ether oxygens (including phenoxy) is 2. The van der Waals surface area contributed by atoms with Crippen LogP contribution >= 0.6 is 12.2 Å². The summed E-state index contributed by atoms with van der Waals surface area (Å²) in [5.74, 6) is 0.188. The average molecular weight is 449 g/mol. The lowest BCUT2D eigenvalue weighted by Gasteiger charge is -2.34. The number of nitrogens with zero attached hydrogens (tertiary/aromatic N) is 2. The Morgan fingerprint density at radius 3 is 2.77 bits per heavy atom. The third-order valence-electron chi connectivity index (χ3n) is 5.86. The third-order valence-corrected chi connectivity index (χ3v) is 6.27. The second kappa shape index (κ2) is 12.3. The molecular formula is C23H36N4O3S. The first-order chi connectivity index (χ1) is 15.1. The summed E-state index contributed by atoms with van der Waals surface area (Å²) in [5.41, 5.74) is 2.53. The molecule has 0 bridgehead atoms. The van der Waals surface area contributed by atoms with E-state index in [0.717, 1.165) is 81.5 Å². The normalized spacial score (nSPS) is 19.4. The predicted octanol–water partition coefficient (Wildman–Crippen LogP) is 2.78. The van der Waals surface area contributed by atoms with Gasteiger partial charge in [-0.25, -0.2) is 0 Å². The van der Waals surface area contributed by atoms with Gasteiger partial charge in [-0.3, -0.25) is 9.78 Å². The second-order valence-electron chi connectivity index (χ2n) is 8.34. The van der Waals surface area contributed by atoms with E-state index in [-0.39, 0.29) is 17.9 Å². The third kappa shape index (κ3) is 7.12. The van der Waals surface area contributed by atoms with Gasteiger partial charge >= 0.3 is 0 Å². The standard InChI is InChI=1S/C23H36N4O3S/c1-3-13-29-15-10-24-22(28)20-7-6-17(2)26-21(20)18-8-11-27(12-9-18)23(31)25-16-19-5-4-14-30-19/h6-7,18-19H,3-5,8-16H2,1-2H3,(H,24,28)(H,25,31). The molecular weight excluding hydrogens is 412 g/mol. The summed E-state index contributed by atoms with van der Waals surface area (Å²) in [7, 11) is 0. The van der Waals surface area contributed by atoms with E-state index in [9.17, 15) is 4.79 Å². The van der Waals surface area contributed by atoms with Gasteiger partial charge < -0.3 is 25.0 Å². The fraction of sp³-hybridized carbons (Fsp3) is 0.696. The molecule has 0 radical (unpaired) electrons. The maximum Gasteiger partial charge on any atom is 0.253 e. The highest BCUT2D eigenvalue weighted by Crippen LogP contribution is 2.29. The Labute approximate surface area is 191 Å². The monoisotopic (exact) mass is 448 g/mol. The lowest BCUT2D eigenvalue weighted by Crippen LogP contribution is -2.46. The van der Waals surface area contributed by atoms with Crippen LogP contribution in [0.15, 0.2) is 12.1 Å². The second-order valence-corrected chi connectivity index (χ2v) is 8.72. The van der Waals surface area contributed by atoms with Gasteiger partial charge in [0, 0.05) is 51.0 Å². The summed E-state index contributed by atoms with van der Waals surface area (Å²) in [4.78, 5) is 19.8. The molecule has 0 aliphatic carbocycles. The van der Waals surface area contributed by atoms with Crippen molar-refractivity contribution in [2.24, 2.45) is 0 Å². The van der Waals surface area contributed by atoms with E-state index in [0.29, 0.717) is 18.7 Å². The summed E-state index contributed by atoms with van der Waals surface area (Å²) in [6, 6.07) is 3.81. The van der Waals surface area contributed by atoms with Crippen molar-refractivity contribution < 1.29 is 14.3 Å². The summed E-state index contributed by atoms with van der Waals surface area (Å²) in [5, 5.41) is 7.14. The Balaban J connectivity index is 1.52. The van der Waals surface area contributed by atoms with Gasteiger partial charge in [0.25, 0.3) is 5.91 Å². The molecule has 7 nitrogen and oxygen atoms in total. The topological polar surface area (TPSA) is 75.7 Å². The summed E-state index contributed by atoms with van der Waals surface area (Å²) >= 11 is 5.60. The zero-order chi connectivity index (χ0) is 22.1. The van der Waals surface area contributed by atoms with Crippen LogP contribution in [0.2, 0.25) is 0 Å². The molecule has 0 spiro atoms. The van der Waals surface area contributed by atoms with Crippen LogP contribution in [0, 0.1) is 6.92 Å². The average Bonchev–Trinajstić information content (AvgIpc) is 3.31. The lowest BCUT2D eigenvalue weighted by molar-refractivity contribution is 0.0913. The molecule has 2 aliphatic rings. The molecule has 8 heteroatoms. The number of carbonyl (C=O) groups excluding carboxylic acids is 1. The number of hydrogen-bond acceptors (Lipinski definition) is 5. The maximum atomic E-state index is 12.8. The van der Waals surface area contributed by atoms with Gasteiger partial charge in [-0.1, -0.05) is 6.92 Å². The number of piperidine rings is 1. The molecule has 3 rings (SSSR count). The van der Waals surface area contributed by atoms with Crippen molar-refractivity contribution in [1.82, 2.24) is 20.5 Å². The Kier molecular flexibility index (Phi) is 9.49. The van der Waals surface area contributed by atoms with Crippen LogP contribution in [-0.2, 0) is 9.47 Å². The highest BCUT2D eigenvalue weighted by atomic mass is 32.1. The van der Waals surface area contributed by atoms with E-state index in [2.05, 4.69) is 22.5 Å². The summed E-state index contributed by atoms with van der Waals surface area (Å²) < 4.78 is 11.1. The van der Waals surface area contributed by atoms with Crippen molar-refractivity contribution in [3.63, 3.8) is 0 Å². The first-order valence-corrected chi connectivity index (χ1v) is 12.0. The van der Waals surface area contributed by atoms with E-state index in [1.54, 1.807) is 0 Å². The molecule has 1 unspecified atom stereocenters. The molecule has 0 saturated carbocycles. The number of pyridine rings is 1. The molecule has 3 heterocycles. The van der Waals surface area contributed by atoms with Crippen LogP contribution in [0.5, 0.6) is 0 Å². The van der Waals surface area contributed by atoms with E-state index in [1.165, 1.54) is 0 Å². The Bertz CT molecular complexity index is 732. The number of hydrogen-bond donors (Lipinski definition) is 2. The van der Waals surface area contributed by atoms with Crippen LogP contribution in [0.4, 0.5) is 0 Å². The molecule has 1 aromatic rings. The number of nitrogens with one attached hydrogen (secondary N) is 2. The van der Waals surface area contributed by atoms with Gasteiger partial charge in [0.15, 0.2) is 5.11 Å². The summed E-state index contributed by atoms with van der Waals surface area (Å²) in [6.45, 7) is 9.17. The number of rotatable bonds is 9. The zero-order valence-corrected chi connectivity index (χ0v) is 19.6. The largest absolute Gasteiger partial charge is 0.380 e. The first kappa shape index (κ1) is 23.9. The van der Waals surface area contributed by atoms with E-state index in [4.69, 9.17) is 26.7 Å². The minimum Gasteiger partial charge on any atom is -0.380 e. The SMILES string of the molecule is CCCOCCNC(=O)c1ccc(C)nc1C1CCN(C(=S)NCC2CCCO2)CC1.